The third-order valence-electron chi connectivity index (χ3n) is 4.52. The van der Waals surface area contributed by atoms with Crippen LogP contribution in [-0.2, 0) is 0 Å². The van der Waals surface area contributed by atoms with Crippen molar-refractivity contribution < 1.29 is 14.5 Å². The van der Waals surface area contributed by atoms with Gasteiger partial charge in [0.1, 0.15) is 11.4 Å². The molecule has 0 spiro atoms. The highest BCUT2D eigenvalue weighted by atomic mass is 35.5. The molecule has 1 aliphatic rings. The lowest BCUT2D eigenvalue weighted by molar-refractivity contribution is -0.384. The molecule has 10 heteroatoms. The quantitative estimate of drug-likeness (QED) is 0.417. The molecule has 0 saturated carbocycles. The number of carbonyl (C=O) groups excluding carboxylic acids is 1. The van der Waals surface area contributed by atoms with E-state index in [2.05, 4.69) is 10.6 Å². The van der Waals surface area contributed by atoms with Gasteiger partial charge in [0.05, 0.1) is 17.1 Å². The van der Waals surface area contributed by atoms with Gasteiger partial charge >= 0.3 is 0 Å². The number of nitrogens with one attached hydrogen (secondary N) is 2. The first-order chi connectivity index (χ1) is 13.9. The van der Waals surface area contributed by atoms with Crippen molar-refractivity contribution in [2.45, 2.75) is 12.8 Å². The minimum absolute atomic E-state index is 0.0440. The molecule has 0 aromatic heterocycles. The minimum atomic E-state index is -0.543. The molecule has 29 heavy (non-hydrogen) atoms. The van der Waals surface area contributed by atoms with Gasteiger partial charge in [0.2, 0.25) is 0 Å². The van der Waals surface area contributed by atoms with Crippen molar-refractivity contribution in [2.24, 2.45) is 0 Å². The fourth-order valence-electron chi connectivity index (χ4n) is 3.12. The molecule has 2 aromatic rings. The van der Waals surface area contributed by atoms with E-state index in [1.54, 1.807) is 30.3 Å². The van der Waals surface area contributed by atoms with Gasteiger partial charge in [0.25, 0.3) is 11.6 Å². The first kappa shape index (κ1) is 20.8. The molecule has 0 atom stereocenters. The van der Waals surface area contributed by atoms with Crippen LogP contribution in [0, 0.1) is 10.1 Å². The highest BCUT2D eigenvalue weighted by molar-refractivity contribution is 7.80. The number of methoxy groups -OCH3 is 1. The highest BCUT2D eigenvalue weighted by Crippen LogP contribution is 2.31. The summed E-state index contributed by atoms with van der Waals surface area (Å²) in [7, 11) is 1.51. The second-order valence-electron chi connectivity index (χ2n) is 6.41. The van der Waals surface area contributed by atoms with Crippen molar-refractivity contribution in [3.05, 3.63) is 57.1 Å². The van der Waals surface area contributed by atoms with E-state index in [1.807, 2.05) is 4.90 Å². The van der Waals surface area contributed by atoms with E-state index in [0.717, 1.165) is 25.9 Å². The fourth-order valence-corrected chi connectivity index (χ4v) is 3.59. The number of nitrogens with zero attached hydrogens (tertiary/aromatic N) is 2. The van der Waals surface area contributed by atoms with Crippen LogP contribution in [0.15, 0.2) is 36.4 Å². The van der Waals surface area contributed by atoms with Gasteiger partial charge in [-0.05, 0) is 55.4 Å². The monoisotopic (exact) mass is 434 g/mol. The van der Waals surface area contributed by atoms with Crippen LogP contribution in [0.3, 0.4) is 0 Å². The number of ether oxygens (including phenoxy) is 1. The summed E-state index contributed by atoms with van der Waals surface area (Å²) in [5.74, 6) is -0.0317. The Balaban J connectivity index is 1.71. The maximum absolute atomic E-state index is 12.5. The summed E-state index contributed by atoms with van der Waals surface area (Å²) >= 11 is 11.2. The largest absolute Gasteiger partial charge is 0.495 e. The molecule has 1 heterocycles. The zero-order valence-corrected chi connectivity index (χ0v) is 17.2. The van der Waals surface area contributed by atoms with Gasteiger partial charge < -0.3 is 15.0 Å². The molecule has 0 bridgehead atoms. The second kappa shape index (κ2) is 9.06. The Morgan fingerprint density at radius 3 is 2.59 bits per heavy atom. The maximum atomic E-state index is 12.5. The predicted molar refractivity (Wildman–Crippen MR) is 116 cm³/mol. The normalized spacial score (nSPS) is 13.1. The SMILES string of the molecule is COc1ccc(NC(=S)NC(=O)c2ccc(N3CCCC3)c([N+](=O)[O-])c2)cc1Cl. The van der Waals surface area contributed by atoms with Crippen molar-refractivity contribution in [3.63, 3.8) is 0 Å². The Morgan fingerprint density at radius 1 is 1.24 bits per heavy atom. The van der Waals surface area contributed by atoms with Gasteiger partial charge in [0, 0.05) is 30.4 Å². The lowest BCUT2D eigenvalue weighted by Gasteiger charge is -2.18. The topological polar surface area (TPSA) is 96.7 Å². The van der Waals surface area contributed by atoms with Crippen molar-refractivity contribution >= 4 is 51.9 Å². The number of hydrogen-bond donors (Lipinski definition) is 2. The van der Waals surface area contributed by atoms with E-state index in [4.69, 9.17) is 28.6 Å². The number of amides is 1. The number of benzene rings is 2. The standard InChI is InChI=1S/C19H19ClN4O4S/c1-28-17-7-5-13(11-14(17)20)21-19(29)22-18(25)12-4-6-15(16(10-12)24(26)27)23-8-2-3-9-23/h4-7,10-11H,2-3,8-9H2,1H3,(H2,21,22,25,29). The highest BCUT2D eigenvalue weighted by Gasteiger charge is 2.24. The van der Waals surface area contributed by atoms with Crippen LogP contribution in [-0.4, -0.2) is 36.1 Å². The Hall–Kier alpha value is -2.91. The third kappa shape index (κ3) is 4.93. The lowest BCUT2D eigenvalue weighted by atomic mass is 10.1. The maximum Gasteiger partial charge on any atom is 0.293 e. The Labute approximate surface area is 177 Å². The van der Waals surface area contributed by atoms with Gasteiger partial charge in [-0.2, -0.15) is 0 Å². The smallest absolute Gasteiger partial charge is 0.293 e. The number of rotatable bonds is 5. The molecule has 1 fully saturated rings. The molecule has 2 aromatic carbocycles. The van der Waals surface area contributed by atoms with E-state index in [-0.39, 0.29) is 16.4 Å². The number of nitro benzene ring substituents is 1. The van der Waals surface area contributed by atoms with Crippen molar-refractivity contribution in [3.8, 4) is 5.75 Å². The zero-order valence-electron chi connectivity index (χ0n) is 15.6. The first-order valence-electron chi connectivity index (χ1n) is 8.88. The molecule has 1 saturated heterocycles. The van der Waals surface area contributed by atoms with Gasteiger partial charge in [-0.1, -0.05) is 11.6 Å². The van der Waals surface area contributed by atoms with Crippen LogP contribution in [0.5, 0.6) is 5.75 Å². The van der Waals surface area contributed by atoms with E-state index in [9.17, 15) is 14.9 Å². The molecule has 0 aliphatic carbocycles. The number of nitro groups is 1. The number of halogens is 1. The molecule has 0 radical (unpaired) electrons. The molecule has 8 nitrogen and oxygen atoms in total. The number of anilines is 2. The van der Waals surface area contributed by atoms with Crippen molar-refractivity contribution in [2.75, 3.05) is 30.4 Å². The Bertz CT molecular complexity index is 963. The van der Waals surface area contributed by atoms with Crippen LogP contribution in [0.25, 0.3) is 0 Å². The number of hydrogen-bond acceptors (Lipinski definition) is 6. The third-order valence-corrected chi connectivity index (χ3v) is 5.02. The van der Waals surface area contributed by atoms with E-state index in [1.165, 1.54) is 13.2 Å². The summed E-state index contributed by atoms with van der Waals surface area (Å²) in [6, 6.07) is 9.40. The molecular weight excluding hydrogens is 416 g/mol. The summed E-state index contributed by atoms with van der Waals surface area (Å²) in [6.45, 7) is 1.54. The molecule has 1 aliphatic heterocycles. The van der Waals surface area contributed by atoms with E-state index < -0.39 is 10.8 Å². The average molecular weight is 435 g/mol. The summed E-state index contributed by atoms with van der Waals surface area (Å²) in [6.07, 6.45) is 1.99. The van der Waals surface area contributed by atoms with Crippen molar-refractivity contribution in [1.29, 1.82) is 0 Å². The van der Waals surface area contributed by atoms with Crippen LogP contribution < -0.4 is 20.3 Å². The summed E-state index contributed by atoms with van der Waals surface area (Å²) in [5, 5.41) is 17.3. The van der Waals surface area contributed by atoms with Crippen LogP contribution in [0.1, 0.15) is 23.2 Å². The van der Waals surface area contributed by atoms with Gasteiger partial charge in [-0.15, -0.1) is 0 Å². The van der Waals surface area contributed by atoms with E-state index in [0.29, 0.717) is 22.1 Å². The minimum Gasteiger partial charge on any atom is -0.495 e. The molecular formula is C19H19ClN4O4S. The predicted octanol–water partition coefficient (Wildman–Crippen LogP) is 3.98. The van der Waals surface area contributed by atoms with Crippen LogP contribution >= 0.6 is 23.8 Å². The average Bonchev–Trinajstić information content (AvgIpc) is 3.22. The molecule has 1 amide bonds. The van der Waals surface area contributed by atoms with Crippen LogP contribution in [0.2, 0.25) is 5.02 Å². The van der Waals surface area contributed by atoms with E-state index >= 15 is 0 Å². The first-order valence-corrected chi connectivity index (χ1v) is 9.67. The summed E-state index contributed by atoms with van der Waals surface area (Å²) in [5.41, 5.74) is 1.14. The summed E-state index contributed by atoms with van der Waals surface area (Å²) in [4.78, 5) is 25.5. The molecule has 3 rings (SSSR count). The number of carbonyl (C=O) groups is 1. The lowest BCUT2D eigenvalue weighted by Crippen LogP contribution is -2.34. The molecule has 152 valence electrons. The molecule has 0 unspecified atom stereocenters. The Morgan fingerprint density at radius 2 is 1.97 bits per heavy atom. The van der Waals surface area contributed by atoms with Gasteiger partial charge in [0.15, 0.2) is 5.11 Å². The zero-order chi connectivity index (χ0) is 21.0. The molecule has 2 N–H and O–H groups in total. The Kier molecular flexibility index (Phi) is 6.50. The van der Waals surface area contributed by atoms with Crippen molar-refractivity contribution in [1.82, 2.24) is 5.32 Å². The summed E-state index contributed by atoms with van der Waals surface area (Å²) < 4.78 is 5.08. The fraction of sp³-hybridized carbons (Fsp3) is 0.263. The van der Waals surface area contributed by atoms with Gasteiger partial charge in [-0.3, -0.25) is 20.2 Å². The second-order valence-corrected chi connectivity index (χ2v) is 7.23. The number of thiocarbonyl (C=S) groups is 1. The van der Waals surface area contributed by atoms with Gasteiger partial charge in [-0.25, -0.2) is 0 Å². The van der Waals surface area contributed by atoms with Crippen LogP contribution in [0.4, 0.5) is 17.1 Å².